The molecule has 1 aromatic heterocycles. The number of aromatic hydroxyl groups is 1. The third-order valence-electron chi connectivity index (χ3n) is 4.46. The van der Waals surface area contributed by atoms with E-state index < -0.39 is 0 Å². The summed E-state index contributed by atoms with van der Waals surface area (Å²) in [5.74, 6) is 0.925. The molecule has 0 bridgehead atoms. The number of allylic oxidation sites excluding steroid dienone is 2. The fourth-order valence-electron chi connectivity index (χ4n) is 3.55. The zero-order valence-electron chi connectivity index (χ0n) is 13.1. The van der Waals surface area contributed by atoms with Gasteiger partial charge in [0.1, 0.15) is 18.1 Å². The molecule has 2 aromatic rings. The number of carbonyl (C=O) groups excluding carboxylic acids is 1. The smallest absolute Gasteiger partial charge is 0.226 e. The maximum absolute atomic E-state index is 12.8. The highest BCUT2D eigenvalue weighted by Crippen LogP contribution is 2.45. The third-order valence-corrected chi connectivity index (χ3v) is 4.46. The zero-order chi connectivity index (χ0) is 16.2. The number of fused-ring (bicyclic) bond motifs is 1. The van der Waals surface area contributed by atoms with Crippen molar-refractivity contribution in [2.75, 3.05) is 5.32 Å². The van der Waals surface area contributed by atoms with Crippen molar-refractivity contribution < 1.29 is 9.90 Å². The summed E-state index contributed by atoms with van der Waals surface area (Å²) in [7, 11) is 0. The summed E-state index contributed by atoms with van der Waals surface area (Å²) in [6.07, 6.45) is 2.77. The molecule has 0 amide bonds. The quantitative estimate of drug-likeness (QED) is 0.846. The number of hydrogen-bond donors (Lipinski definition) is 2. The average Bonchev–Trinajstić information content (AvgIpc) is 2.91. The molecule has 0 saturated heterocycles. The Labute approximate surface area is 133 Å². The largest absolute Gasteiger partial charge is 0.508 e. The van der Waals surface area contributed by atoms with E-state index in [1.807, 2.05) is 6.07 Å². The standard InChI is InChI=1S/C17H18N4O2/c1-17(2)7-12-14(13(23)8-17)15(10-4-3-5-11(22)6-10)21-16(20-12)18-9-19-21/h3-6,9,15,22H,7-8H2,1-2H3,(H,18,19,20). The number of hydrogen-bond acceptors (Lipinski definition) is 5. The van der Waals surface area contributed by atoms with Crippen LogP contribution in [-0.4, -0.2) is 25.7 Å². The van der Waals surface area contributed by atoms with Gasteiger partial charge in [-0.1, -0.05) is 26.0 Å². The summed E-state index contributed by atoms with van der Waals surface area (Å²) in [6.45, 7) is 4.19. The Morgan fingerprint density at radius 1 is 1.35 bits per heavy atom. The number of benzene rings is 1. The van der Waals surface area contributed by atoms with Gasteiger partial charge in [0, 0.05) is 17.7 Å². The molecule has 2 heterocycles. The molecule has 1 aromatic carbocycles. The molecule has 6 heteroatoms. The van der Waals surface area contributed by atoms with Crippen molar-refractivity contribution in [3.8, 4) is 5.75 Å². The molecule has 23 heavy (non-hydrogen) atoms. The van der Waals surface area contributed by atoms with Crippen molar-refractivity contribution in [1.29, 1.82) is 0 Å². The van der Waals surface area contributed by atoms with Crippen molar-refractivity contribution in [2.45, 2.75) is 32.7 Å². The minimum absolute atomic E-state index is 0.0749. The molecule has 1 aliphatic carbocycles. The second-order valence-corrected chi connectivity index (χ2v) is 6.98. The van der Waals surface area contributed by atoms with Crippen LogP contribution in [0.1, 0.15) is 38.3 Å². The minimum Gasteiger partial charge on any atom is -0.508 e. The first-order chi connectivity index (χ1) is 10.9. The molecule has 1 unspecified atom stereocenters. The molecular weight excluding hydrogens is 292 g/mol. The number of anilines is 1. The van der Waals surface area contributed by atoms with Gasteiger partial charge < -0.3 is 10.4 Å². The van der Waals surface area contributed by atoms with Crippen LogP contribution in [-0.2, 0) is 4.79 Å². The van der Waals surface area contributed by atoms with Crippen LogP contribution in [0.2, 0.25) is 0 Å². The van der Waals surface area contributed by atoms with Gasteiger partial charge in [0.25, 0.3) is 0 Å². The highest BCUT2D eigenvalue weighted by atomic mass is 16.3. The van der Waals surface area contributed by atoms with Crippen molar-refractivity contribution in [3.63, 3.8) is 0 Å². The number of nitrogens with zero attached hydrogens (tertiary/aromatic N) is 3. The number of phenols is 1. The molecule has 2 N–H and O–H groups in total. The number of nitrogens with one attached hydrogen (secondary N) is 1. The van der Waals surface area contributed by atoms with E-state index in [1.165, 1.54) is 6.33 Å². The van der Waals surface area contributed by atoms with Crippen LogP contribution in [0.5, 0.6) is 5.75 Å². The van der Waals surface area contributed by atoms with Gasteiger partial charge in [0.15, 0.2) is 5.78 Å². The van der Waals surface area contributed by atoms with E-state index in [4.69, 9.17) is 0 Å². The summed E-state index contributed by atoms with van der Waals surface area (Å²) < 4.78 is 1.71. The fourth-order valence-corrected chi connectivity index (χ4v) is 3.55. The first-order valence-corrected chi connectivity index (χ1v) is 7.66. The van der Waals surface area contributed by atoms with Crippen molar-refractivity contribution in [3.05, 3.63) is 47.4 Å². The van der Waals surface area contributed by atoms with Gasteiger partial charge in [0.2, 0.25) is 5.95 Å². The number of Topliss-reactive ketones (excluding diaryl/α,β-unsaturated/α-hetero) is 1. The summed E-state index contributed by atoms with van der Waals surface area (Å²) in [4.78, 5) is 17.1. The number of aromatic nitrogens is 3. The van der Waals surface area contributed by atoms with E-state index in [-0.39, 0.29) is 23.0 Å². The molecule has 0 saturated carbocycles. The van der Waals surface area contributed by atoms with Gasteiger partial charge in [-0.15, -0.1) is 0 Å². The molecule has 0 spiro atoms. The lowest BCUT2D eigenvalue weighted by Gasteiger charge is -2.38. The van der Waals surface area contributed by atoms with Crippen molar-refractivity contribution >= 4 is 11.7 Å². The summed E-state index contributed by atoms with van der Waals surface area (Å²) in [6, 6.07) is 6.63. The fraction of sp³-hybridized carbons (Fsp3) is 0.353. The lowest BCUT2D eigenvalue weighted by molar-refractivity contribution is -0.118. The van der Waals surface area contributed by atoms with Crippen LogP contribution < -0.4 is 5.32 Å². The van der Waals surface area contributed by atoms with E-state index in [9.17, 15) is 9.90 Å². The molecule has 1 atom stereocenters. The van der Waals surface area contributed by atoms with Gasteiger partial charge in [-0.3, -0.25) is 4.79 Å². The van der Waals surface area contributed by atoms with Crippen LogP contribution in [0.3, 0.4) is 0 Å². The molecule has 118 valence electrons. The normalized spacial score (nSPS) is 22.3. The van der Waals surface area contributed by atoms with E-state index in [2.05, 4.69) is 29.2 Å². The van der Waals surface area contributed by atoms with Crippen LogP contribution in [0, 0.1) is 5.41 Å². The monoisotopic (exact) mass is 310 g/mol. The van der Waals surface area contributed by atoms with Gasteiger partial charge in [-0.25, -0.2) is 4.68 Å². The maximum atomic E-state index is 12.8. The van der Waals surface area contributed by atoms with Crippen molar-refractivity contribution in [1.82, 2.24) is 14.8 Å². The Morgan fingerprint density at radius 3 is 2.96 bits per heavy atom. The van der Waals surface area contributed by atoms with Crippen molar-refractivity contribution in [2.24, 2.45) is 5.41 Å². The molecule has 6 nitrogen and oxygen atoms in total. The highest BCUT2D eigenvalue weighted by Gasteiger charge is 2.41. The van der Waals surface area contributed by atoms with E-state index in [0.29, 0.717) is 12.4 Å². The summed E-state index contributed by atoms with van der Waals surface area (Å²) >= 11 is 0. The predicted octanol–water partition coefficient (Wildman–Crippen LogP) is 2.64. The number of carbonyl (C=O) groups is 1. The van der Waals surface area contributed by atoms with Crippen LogP contribution in [0.25, 0.3) is 0 Å². The van der Waals surface area contributed by atoms with Gasteiger partial charge in [-0.05, 0) is 29.5 Å². The summed E-state index contributed by atoms with van der Waals surface area (Å²) in [5, 5.41) is 17.4. The second-order valence-electron chi connectivity index (χ2n) is 6.98. The predicted molar refractivity (Wildman–Crippen MR) is 84.9 cm³/mol. The minimum atomic E-state index is -0.348. The molecule has 1 aliphatic heterocycles. The van der Waals surface area contributed by atoms with Gasteiger partial charge >= 0.3 is 0 Å². The van der Waals surface area contributed by atoms with Crippen LogP contribution in [0.15, 0.2) is 41.9 Å². The maximum Gasteiger partial charge on any atom is 0.226 e. The molecular formula is C17H18N4O2. The topological polar surface area (TPSA) is 80.0 Å². The van der Waals surface area contributed by atoms with E-state index in [1.54, 1.807) is 22.9 Å². The number of phenolic OH excluding ortho intramolecular Hbond substituents is 1. The molecule has 0 radical (unpaired) electrons. The molecule has 4 rings (SSSR count). The Morgan fingerprint density at radius 2 is 2.17 bits per heavy atom. The van der Waals surface area contributed by atoms with E-state index in [0.717, 1.165) is 23.3 Å². The Bertz CT molecular complexity index is 835. The first-order valence-electron chi connectivity index (χ1n) is 7.66. The lowest BCUT2D eigenvalue weighted by atomic mass is 9.73. The van der Waals surface area contributed by atoms with Crippen LogP contribution >= 0.6 is 0 Å². The lowest BCUT2D eigenvalue weighted by Crippen LogP contribution is -2.36. The Balaban J connectivity index is 1.91. The Hall–Kier alpha value is -2.63. The zero-order valence-corrected chi connectivity index (χ0v) is 13.1. The van der Waals surface area contributed by atoms with Crippen LogP contribution in [0.4, 0.5) is 5.95 Å². The SMILES string of the molecule is CC1(C)CC(=O)C2=C(C1)Nc1ncnn1C2c1cccc(O)c1. The highest BCUT2D eigenvalue weighted by molar-refractivity contribution is 6.00. The van der Waals surface area contributed by atoms with Gasteiger partial charge in [0.05, 0.1) is 0 Å². The number of rotatable bonds is 1. The average molecular weight is 310 g/mol. The number of ketones is 1. The molecule has 0 fully saturated rings. The third kappa shape index (κ3) is 2.21. The second kappa shape index (κ2) is 4.68. The Kier molecular flexibility index (Phi) is 2.85. The molecule has 2 aliphatic rings. The summed E-state index contributed by atoms with van der Waals surface area (Å²) in [5.41, 5.74) is 2.40. The van der Waals surface area contributed by atoms with Gasteiger partial charge in [-0.2, -0.15) is 10.1 Å². The first kappa shape index (κ1) is 14.0. The van der Waals surface area contributed by atoms with E-state index >= 15 is 0 Å².